The van der Waals surface area contributed by atoms with Gasteiger partial charge in [-0.1, -0.05) is 36.4 Å². The first kappa shape index (κ1) is 39.5. The molecule has 15 nitrogen and oxygen atoms in total. The fourth-order valence-electron chi connectivity index (χ4n) is 8.26. The summed E-state index contributed by atoms with van der Waals surface area (Å²) in [5.41, 5.74) is 24.8. The number of anilines is 1. The summed E-state index contributed by atoms with van der Waals surface area (Å²) in [4.78, 5) is 44.6. The van der Waals surface area contributed by atoms with E-state index in [0.717, 1.165) is 94.0 Å². The van der Waals surface area contributed by atoms with Crippen molar-refractivity contribution in [1.82, 2.24) is 29.6 Å². The summed E-state index contributed by atoms with van der Waals surface area (Å²) in [6, 6.07) is 20.8. The Bertz CT molecular complexity index is 2200. The molecule has 9 N–H and O–H groups in total. The summed E-state index contributed by atoms with van der Waals surface area (Å²) in [7, 11) is 1.75. The molecule has 0 bridgehead atoms. The number of aryl methyl sites for hydroxylation is 2. The van der Waals surface area contributed by atoms with E-state index < -0.39 is 11.9 Å². The Hall–Kier alpha value is -5.77. The second-order valence-electron chi connectivity index (χ2n) is 15.1. The Morgan fingerprint density at radius 2 is 1.74 bits per heavy atom. The molecule has 4 aromatic rings. The van der Waals surface area contributed by atoms with Gasteiger partial charge in [-0.3, -0.25) is 28.9 Å². The fourth-order valence-corrected chi connectivity index (χ4v) is 8.26. The van der Waals surface area contributed by atoms with Gasteiger partial charge in [-0.2, -0.15) is 0 Å². The molecule has 3 saturated heterocycles. The number of rotatable bonds is 13. The molecule has 15 heteroatoms. The van der Waals surface area contributed by atoms with Crippen LogP contribution in [0.1, 0.15) is 42.0 Å². The van der Waals surface area contributed by atoms with Crippen LogP contribution in [0.2, 0.25) is 0 Å². The van der Waals surface area contributed by atoms with Crippen LogP contribution in [-0.2, 0) is 34.3 Å². The second-order valence-corrected chi connectivity index (χ2v) is 15.1. The molecule has 0 aliphatic carbocycles. The van der Waals surface area contributed by atoms with Crippen LogP contribution in [0.5, 0.6) is 5.75 Å². The lowest BCUT2D eigenvalue weighted by Gasteiger charge is -2.38. The smallest absolute Gasteiger partial charge is 0.329 e. The van der Waals surface area contributed by atoms with Gasteiger partial charge in [0.25, 0.3) is 0 Å². The summed E-state index contributed by atoms with van der Waals surface area (Å²) in [5, 5.41) is 16.2. The van der Waals surface area contributed by atoms with E-state index in [0.29, 0.717) is 30.0 Å². The number of carbonyl (C=O) groups is 2. The number of allylic oxidation sites excluding steroid dienone is 1. The largest absolute Gasteiger partial charge is 0.507 e. The molecule has 1 aromatic heterocycles. The van der Waals surface area contributed by atoms with Gasteiger partial charge in [0.15, 0.2) is 0 Å². The highest BCUT2D eigenvalue weighted by molar-refractivity contribution is 6.00. The van der Waals surface area contributed by atoms with E-state index in [1.807, 2.05) is 18.2 Å². The van der Waals surface area contributed by atoms with Gasteiger partial charge in [0.05, 0.1) is 29.4 Å². The van der Waals surface area contributed by atoms with Crippen molar-refractivity contribution in [1.29, 1.82) is 0 Å². The quantitative estimate of drug-likeness (QED) is 0.0849. The highest BCUT2D eigenvalue weighted by Gasteiger charge is 2.32. The van der Waals surface area contributed by atoms with Crippen LogP contribution < -0.4 is 38.4 Å². The molecule has 7 rings (SSSR count). The number of piperazine rings is 1. The van der Waals surface area contributed by atoms with Gasteiger partial charge < -0.3 is 42.2 Å². The molecular formula is C42H54N10O5. The number of piperidine rings is 1. The summed E-state index contributed by atoms with van der Waals surface area (Å²) in [5.74, 6) is -0.431. The van der Waals surface area contributed by atoms with Gasteiger partial charge in [0.2, 0.25) is 11.8 Å². The second kappa shape index (κ2) is 17.6. The predicted molar refractivity (Wildman–Crippen MR) is 221 cm³/mol. The predicted octanol–water partition coefficient (Wildman–Crippen LogP) is 1.65. The molecule has 3 fully saturated rings. The van der Waals surface area contributed by atoms with Crippen LogP contribution in [0.25, 0.3) is 16.7 Å². The molecule has 302 valence electrons. The number of phenols is 1. The monoisotopic (exact) mass is 778 g/mol. The maximum absolute atomic E-state index is 13.3. The van der Waals surface area contributed by atoms with E-state index >= 15 is 0 Å². The zero-order valence-corrected chi connectivity index (χ0v) is 32.5. The minimum atomic E-state index is -0.692. The number of morpholine rings is 1. The number of para-hydroxylation sites is 2. The van der Waals surface area contributed by atoms with E-state index in [-0.39, 0.29) is 35.7 Å². The van der Waals surface area contributed by atoms with E-state index in [9.17, 15) is 19.5 Å². The van der Waals surface area contributed by atoms with Crippen molar-refractivity contribution in [2.24, 2.45) is 24.2 Å². The number of ether oxygens (including phenoxy) is 1. The first-order chi connectivity index (χ1) is 27.6. The number of carbonyl (C=O) groups excluding carboxylic acids is 2. The average Bonchev–Trinajstić information content (AvgIpc) is 3.46. The van der Waals surface area contributed by atoms with E-state index in [2.05, 4.69) is 55.7 Å². The van der Waals surface area contributed by atoms with Gasteiger partial charge in [-0.15, -0.1) is 0 Å². The third-order valence-corrected chi connectivity index (χ3v) is 11.3. The van der Waals surface area contributed by atoms with Gasteiger partial charge >= 0.3 is 5.69 Å². The Balaban J connectivity index is 0.856. The maximum atomic E-state index is 13.3. The Labute approximate surface area is 332 Å². The number of fused-ring (bicyclic) bond motifs is 1. The molecule has 2 amide bonds. The zero-order chi connectivity index (χ0) is 40.1. The lowest BCUT2D eigenvalue weighted by molar-refractivity contribution is -0.135. The number of benzene rings is 3. The molecule has 0 saturated carbocycles. The van der Waals surface area contributed by atoms with Crippen molar-refractivity contribution < 1.29 is 19.4 Å². The van der Waals surface area contributed by atoms with Gasteiger partial charge in [-0.05, 0) is 73.3 Å². The minimum absolute atomic E-state index is 0.0891. The zero-order valence-electron chi connectivity index (χ0n) is 32.5. The van der Waals surface area contributed by atoms with Crippen LogP contribution in [0.4, 0.5) is 5.69 Å². The van der Waals surface area contributed by atoms with E-state index in [1.54, 1.807) is 40.5 Å². The average molecular weight is 779 g/mol. The number of imidazole rings is 1. The van der Waals surface area contributed by atoms with Crippen molar-refractivity contribution >= 4 is 34.2 Å². The number of hydrogen-bond donors (Lipinski definition) is 6. The van der Waals surface area contributed by atoms with Gasteiger partial charge in [0, 0.05) is 82.8 Å². The van der Waals surface area contributed by atoms with Crippen LogP contribution in [0.3, 0.4) is 0 Å². The Morgan fingerprint density at radius 1 is 0.965 bits per heavy atom. The topological polar surface area (TPSA) is 202 Å². The molecule has 0 radical (unpaired) electrons. The molecule has 4 heterocycles. The fraction of sp³-hybridized carbons (Fsp3) is 0.405. The van der Waals surface area contributed by atoms with E-state index in [4.69, 9.17) is 21.9 Å². The molecule has 0 spiro atoms. The van der Waals surface area contributed by atoms with Crippen molar-refractivity contribution in [2.45, 2.75) is 44.4 Å². The standard InChI is InChI=1S/C42H54N10O5/c1-48-39-29(6-4-9-34(39)52(42(48)56)35-15-16-38(54)47-41(35)55)7-5-17-49-22-23-57-31(27-49)26-46-25-28-11-13-30(14-12-28)50-18-20-51(21-19-50)36(40(44)45)24-33(43)32-8-2-3-10-37(32)53/h2-4,6,8-14,24,31,35,46,53H,5,7,15-23,25-27,43-45H2,1H3,(H,47,54,55)/b33-24-/t31-,35?/m1/s1. The number of nitrogens with two attached hydrogens (primary N) is 3. The molecule has 3 aliphatic heterocycles. The normalized spacial score (nSPS) is 19.6. The van der Waals surface area contributed by atoms with E-state index in [1.165, 1.54) is 5.56 Å². The molecule has 57 heavy (non-hydrogen) atoms. The summed E-state index contributed by atoms with van der Waals surface area (Å²) in [6.45, 7) is 7.83. The van der Waals surface area contributed by atoms with Gasteiger partial charge in [-0.25, -0.2) is 4.79 Å². The number of hydrogen-bond acceptors (Lipinski definition) is 12. The number of imide groups is 1. The van der Waals surface area contributed by atoms with Crippen molar-refractivity contribution in [3.63, 3.8) is 0 Å². The van der Waals surface area contributed by atoms with Gasteiger partial charge in [0.1, 0.15) is 17.6 Å². The lowest BCUT2D eigenvalue weighted by atomic mass is 10.0. The third kappa shape index (κ3) is 8.95. The first-order valence-electron chi connectivity index (χ1n) is 19.7. The highest BCUT2D eigenvalue weighted by atomic mass is 16.5. The summed E-state index contributed by atoms with van der Waals surface area (Å²) in [6.07, 6.45) is 4.07. The molecule has 3 aliphatic rings. The number of aromatic nitrogens is 2. The first-order valence-corrected chi connectivity index (χ1v) is 19.7. The van der Waals surface area contributed by atoms with Crippen LogP contribution in [0, 0.1) is 0 Å². The molecule has 3 aromatic carbocycles. The number of nitrogens with one attached hydrogen (secondary N) is 2. The Morgan fingerprint density at radius 3 is 2.47 bits per heavy atom. The van der Waals surface area contributed by atoms with Crippen LogP contribution >= 0.6 is 0 Å². The minimum Gasteiger partial charge on any atom is -0.507 e. The lowest BCUT2D eigenvalue weighted by Crippen LogP contribution is -2.47. The summed E-state index contributed by atoms with van der Waals surface area (Å²) < 4.78 is 9.29. The Kier molecular flexibility index (Phi) is 12.2. The highest BCUT2D eigenvalue weighted by Crippen LogP contribution is 2.27. The molecule has 2 atom stereocenters. The number of amides is 2. The van der Waals surface area contributed by atoms with Crippen molar-refractivity contribution in [3.8, 4) is 5.75 Å². The number of nitrogens with zero attached hydrogens (tertiary/aromatic N) is 5. The number of phenolic OH excluding ortho intramolecular Hbond substituents is 1. The number of aromatic hydroxyl groups is 1. The third-order valence-electron chi connectivity index (χ3n) is 11.3. The molecular weight excluding hydrogens is 725 g/mol. The maximum Gasteiger partial charge on any atom is 0.329 e. The molecule has 1 unspecified atom stereocenters. The van der Waals surface area contributed by atoms with Crippen molar-refractivity contribution in [2.75, 3.05) is 63.9 Å². The summed E-state index contributed by atoms with van der Waals surface area (Å²) >= 11 is 0. The van der Waals surface area contributed by atoms with Crippen LogP contribution in [-0.4, -0.2) is 101 Å². The van der Waals surface area contributed by atoms with Crippen molar-refractivity contribution in [3.05, 3.63) is 111 Å². The van der Waals surface area contributed by atoms with Crippen LogP contribution in [0.15, 0.2) is 89.1 Å². The SMILES string of the molecule is Cn1c(=O)n(C2CCC(=O)NC2=O)c2cccc(CCCN3CCO[C@H](CNCc4ccc(N5CCN(C(/C=C(\N)c6ccccc6O)=C(N)N)CC5)cc4)C3)c21.